The summed E-state index contributed by atoms with van der Waals surface area (Å²) < 4.78 is 27.7. The molecule has 74 valence electrons. The zero-order valence-electron chi connectivity index (χ0n) is 7.63. The molecule has 0 unspecified atom stereocenters. The van der Waals surface area contributed by atoms with Crippen LogP contribution in [0.1, 0.15) is 0 Å². The lowest BCUT2D eigenvalue weighted by Gasteiger charge is -1.91. The number of benzene rings is 2. The largest absolute Gasteiger partial charge is 0.207 e. The van der Waals surface area contributed by atoms with Crippen LogP contribution in [0.25, 0.3) is 20.2 Å². The van der Waals surface area contributed by atoms with Gasteiger partial charge >= 0.3 is 0 Å². The summed E-state index contributed by atoms with van der Waals surface area (Å²) in [6.07, 6.45) is 0. The molecule has 0 saturated carbocycles. The lowest BCUT2D eigenvalue weighted by Crippen LogP contribution is -1.72. The van der Waals surface area contributed by atoms with Crippen molar-refractivity contribution in [3.8, 4) is 0 Å². The summed E-state index contributed by atoms with van der Waals surface area (Å²) in [6.45, 7) is 0. The normalized spacial score (nSPS) is 11.3. The Balaban J connectivity index is 2.51. The van der Waals surface area contributed by atoms with E-state index in [-0.39, 0.29) is 11.6 Å². The molecule has 0 spiro atoms. The summed E-state index contributed by atoms with van der Waals surface area (Å²) in [5.41, 5.74) is 0. The van der Waals surface area contributed by atoms with E-state index in [1.165, 1.54) is 35.6 Å². The van der Waals surface area contributed by atoms with Gasteiger partial charge in [-0.1, -0.05) is 12.1 Å². The molecule has 0 aliphatic carbocycles. The minimum Gasteiger partial charge on any atom is -0.207 e. The van der Waals surface area contributed by atoms with Gasteiger partial charge in [-0.2, -0.15) is 0 Å². The summed E-state index contributed by atoms with van der Waals surface area (Å²) in [7, 11) is 0. The van der Waals surface area contributed by atoms with E-state index < -0.39 is 0 Å². The van der Waals surface area contributed by atoms with E-state index in [1.54, 1.807) is 12.1 Å². The standard InChI is InChI=1S/C12H6F2S/c13-7-1-3-9-10-4-2-8(14)6-12(10)15-11(9)5-7/h1-6H. The van der Waals surface area contributed by atoms with E-state index in [9.17, 15) is 8.78 Å². The molecule has 1 heterocycles. The van der Waals surface area contributed by atoms with Crippen LogP contribution in [0.4, 0.5) is 8.78 Å². The Hall–Kier alpha value is -1.48. The van der Waals surface area contributed by atoms with Crippen molar-refractivity contribution in [2.45, 2.75) is 0 Å². The smallest absolute Gasteiger partial charge is 0.124 e. The molecule has 0 radical (unpaired) electrons. The zero-order valence-corrected chi connectivity index (χ0v) is 8.44. The van der Waals surface area contributed by atoms with Gasteiger partial charge in [0.15, 0.2) is 0 Å². The molecule has 0 fully saturated rings. The van der Waals surface area contributed by atoms with Crippen LogP contribution in [0, 0.1) is 11.6 Å². The van der Waals surface area contributed by atoms with Gasteiger partial charge in [-0.05, 0) is 24.3 Å². The van der Waals surface area contributed by atoms with E-state index in [2.05, 4.69) is 0 Å². The molecule has 0 N–H and O–H groups in total. The fourth-order valence-electron chi connectivity index (χ4n) is 1.72. The molecule has 0 nitrogen and oxygen atoms in total. The maximum absolute atomic E-state index is 13.0. The zero-order chi connectivity index (χ0) is 10.4. The van der Waals surface area contributed by atoms with Crippen molar-refractivity contribution in [1.29, 1.82) is 0 Å². The molecule has 3 rings (SSSR count). The van der Waals surface area contributed by atoms with Crippen molar-refractivity contribution >= 4 is 31.5 Å². The molecular formula is C12H6F2S. The summed E-state index contributed by atoms with van der Waals surface area (Å²) in [5.74, 6) is -0.510. The average molecular weight is 220 g/mol. The molecule has 0 aliphatic heterocycles. The third-order valence-corrected chi connectivity index (χ3v) is 3.51. The number of hydrogen-bond acceptors (Lipinski definition) is 1. The molecule has 0 saturated heterocycles. The van der Waals surface area contributed by atoms with Crippen LogP contribution in [-0.4, -0.2) is 0 Å². The minimum absolute atomic E-state index is 0.255. The van der Waals surface area contributed by atoms with Crippen molar-refractivity contribution in [3.05, 3.63) is 48.0 Å². The van der Waals surface area contributed by atoms with Gasteiger partial charge in [0.2, 0.25) is 0 Å². The third kappa shape index (κ3) is 1.31. The number of hydrogen-bond donors (Lipinski definition) is 0. The Bertz CT molecular complexity index is 599. The monoisotopic (exact) mass is 220 g/mol. The first-order valence-electron chi connectivity index (χ1n) is 4.51. The van der Waals surface area contributed by atoms with Crippen LogP contribution in [0.5, 0.6) is 0 Å². The number of fused-ring (bicyclic) bond motifs is 3. The van der Waals surface area contributed by atoms with E-state index in [0.717, 1.165) is 20.2 Å². The fourth-order valence-corrected chi connectivity index (χ4v) is 2.88. The van der Waals surface area contributed by atoms with Gasteiger partial charge in [-0.3, -0.25) is 0 Å². The van der Waals surface area contributed by atoms with Crippen LogP contribution >= 0.6 is 11.3 Å². The fraction of sp³-hybridized carbons (Fsp3) is 0. The van der Waals surface area contributed by atoms with Gasteiger partial charge in [0, 0.05) is 20.2 Å². The summed E-state index contributed by atoms with van der Waals surface area (Å²) >= 11 is 1.41. The van der Waals surface area contributed by atoms with Gasteiger partial charge in [0.1, 0.15) is 11.6 Å². The second-order valence-corrected chi connectivity index (χ2v) is 4.47. The van der Waals surface area contributed by atoms with Crippen molar-refractivity contribution in [2.75, 3.05) is 0 Å². The highest BCUT2D eigenvalue weighted by Crippen LogP contribution is 2.34. The molecule has 3 aromatic rings. The number of thiophene rings is 1. The van der Waals surface area contributed by atoms with E-state index in [1.807, 2.05) is 0 Å². The molecular weight excluding hydrogens is 214 g/mol. The van der Waals surface area contributed by atoms with Crippen molar-refractivity contribution < 1.29 is 8.78 Å². The average Bonchev–Trinajstić information content (AvgIpc) is 2.53. The topological polar surface area (TPSA) is 0 Å². The maximum Gasteiger partial charge on any atom is 0.124 e. The SMILES string of the molecule is Fc1ccc2c(c1)sc1cc(F)ccc12. The Morgan fingerprint density at radius 2 is 1.20 bits per heavy atom. The first kappa shape index (κ1) is 8.80. The van der Waals surface area contributed by atoms with E-state index in [0.29, 0.717) is 0 Å². The van der Waals surface area contributed by atoms with Gasteiger partial charge in [-0.15, -0.1) is 11.3 Å². The first-order valence-corrected chi connectivity index (χ1v) is 5.33. The van der Waals surface area contributed by atoms with Gasteiger partial charge in [-0.25, -0.2) is 8.78 Å². The van der Waals surface area contributed by atoms with Crippen LogP contribution in [0.3, 0.4) is 0 Å². The van der Waals surface area contributed by atoms with Crippen LogP contribution < -0.4 is 0 Å². The second-order valence-electron chi connectivity index (χ2n) is 3.38. The molecule has 15 heavy (non-hydrogen) atoms. The molecule has 1 aromatic heterocycles. The van der Waals surface area contributed by atoms with E-state index in [4.69, 9.17) is 0 Å². The Morgan fingerprint density at radius 3 is 1.67 bits per heavy atom. The lowest BCUT2D eigenvalue weighted by molar-refractivity contribution is 0.629. The number of rotatable bonds is 0. The molecule has 0 amide bonds. The summed E-state index contributed by atoms with van der Waals surface area (Å²) in [5, 5.41) is 1.97. The minimum atomic E-state index is -0.255. The van der Waals surface area contributed by atoms with Crippen LogP contribution in [0.2, 0.25) is 0 Å². The highest BCUT2D eigenvalue weighted by atomic mass is 32.1. The molecule has 3 heteroatoms. The van der Waals surface area contributed by atoms with E-state index >= 15 is 0 Å². The van der Waals surface area contributed by atoms with Gasteiger partial charge in [0.25, 0.3) is 0 Å². The molecule has 0 bridgehead atoms. The highest BCUT2D eigenvalue weighted by molar-refractivity contribution is 7.25. The summed E-state index contributed by atoms with van der Waals surface area (Å²) in [4.78, 5) is 0. The molecule has 2 aromatic carbocycles. The van der Waals surface area contributed by atoms with Gasteiger partial charge in [0.05, 0.1) is 0 Å². The van der Waals surface area contributed by atoms with Crippen LogP contribution in [0.15, 0.2) is 36.4 Å². The number of halogens is 2. The lowest BCUT2D eigenvalue weighted by atomic mass is 10.1. The Morgan fingerprint density at radius 1 is 0.733 bits per heavy atom. The first-order chi connectivity index (χ1) is 7.24. The van der Waals surface area contributed by atoms with Crippen molar-refractivity contribution in [2.24, 2.45) is 0 Å². The third-order valence-electron chi connectivity index (χ3n) is 2.40. The molecule has 0 atom stereocenters. The summed E-state index contributed by atoms with van der Waals surface area (Å²) in [6, 6.07) is 9.30. The van der Waals surface area contributed by atoms with Gasteiger partial charge < -0.3 is 0 Å². The maximum atomic E-state index is 13.0. The van der Waals surface area contributed by atoms with Crippen LogP contribution in [-0.2, 0) is 0 Å². The predicted molar refractivity (Wildman–Crippen MR) is 59.2 cm³/mol. The van der Waals surface area contributed by atoms with Crippen molar-refractivity contribution in [3.63, 3.8) is 0 Å². The quantitative estimate of drug-likeness (QED) is 0.529. The Labute approximate surface area is 88.8 Å². The molecule has 0 aliphatic rings. The predicted octanol–water partition coefficient (Wildman–Crippen LogP) is 4.33. The second kappa shape index (κ2) is 3.00. The Kier molecular flexibility index (Phi) is 1.76. The van der Waals surface area contributed by atoms with Crippen molar-refractivity contribution in [1.82, 2.24) is 0 Å². The highest BCUT2D eigenvalue weighted by Gasteiger charge is 2.06.